The number of aryl methyl sites for hydroxylation is 1. The number of nitrogens with zero attached hydrogens (tertiary/aromatic N) is 1. The van der Waals surface area contributed by atoms with Crippen LogP contribution < -0.4 is 10.6 Å². The lowest BCUT2D eigenvalue weighted by Gasteiger charge is -2.32. The predicted octanol–water partition coefficient (Wildman–Crippen LogP) is 4.01. The molecule has 0 spiro atoms. The summed E-state index contributed by atoms with van der Waals surface area (Å²) in [5.41, 5.74) is 10.5. The fourth-order valence-corrected chi connectivity index (χ4v) is 2.70. The number of para-hydroxylation sites is 1. The fourth-order valence-electron chi connectivity index (χ4n) is 2.53. The predicted molar refractivity (Wildman–Crippen MR) is 77.6 cm³/mol. The highest BCUT2D eigenvalue weighted by Crippen LogP contribution is 2.37. The van der Waals surface area contributed by atoms with Crippen LogP contribution in [0.2, 0.25) is 5.02 Å². The molecule has 0 amide bonds. The Morgan fingerprint density at radius 1 is 1.06 bits per heavy atom. The van der Waals surface area contributed by atoms with Crippen LogP contribution in [0.5, 0.6) is 0 Å². The Morgan fingerprint density at radius 3 is 2.78 bits per heavy atom. The SMILES string of the molecule is Nc1ccc(Cl)cc1N1CCCc2ccccc21. The zero-order chi connectivity index (χ0) is 12.5. The van der Waals surface area contributed by atoms with E-state index in [1.54, 1.807) is 0 Å². The Bertz CT molecular complexity index is 580. The van der Waals surface area contributed by atoms with Crippen LogP contribution in [0.1, 0.15) is 12.0 Å². The third-order valence-corrected chi connectivity index (χ3v) is 3.63. The molecule has 0 radical (unpaired) electrons. The van der Waals surface area contributed by atoms with E-state index >= 15 is 0 Å². The minimum absolute atomic E-state index is 0.724. The van der Waals surface area contributed by atoms with Crippen molar-refractivity contribution in [1.29, 1.82) is 0 Å². The van der Waals surface area contributed by atoms with Crippen molar-refractivity contribution < 1.29 is 0 Å². The van der Waals surface area contributed by atoms with Gasteiger partial charge < -0.3 is 10.6 Å². The van der Waals surface area contributed by atoms with Crippen molar-refractivity contribution in [3.05, 3.63) is 53.1 Å². The second-order valence-electron chi connectivity index (χ2n) is 4.59. The van der Waals surface area contributed by atoms with Crippen LogP contribution in [0.3, 0.4) is 0 Å². The van der Waals surface area contributed by atoms with E-state index in [1.807, 2.05) is 18.2 Å². The molecule has 0 saturated carbocycles. The number of hydrogen-bond donors (Lipinski definition) is 1. The summed E-state index contributed by atoms with van der Waals surface area (Å²) in [7, 11) is 0. The zero-order valence-corrected chi connectivity index (χ0v) is 10.8. The van der Waals surface area contributed by atoms with E-state index in [0.29, 0.717) is 0 Å². The molecule has 18 heavy (non-hydrogen) atoms. The third-order valence-electron chi connectivity index (χ3n) is 3.39. The van der Waals surface area contributed by atoms with Crippen molar-refractivity contribution in [2.24, 2.45) is 0 Å². The number of fused-ring (bicyclic) bond motifs is 1. The molecule has 3 heteroatoms. The van der Waals surface area contributed by atoms with Crippen molar-refractivity contribution in [3.8, 4) is 0 Å². The maximum atomic E-state index is 6.08. The van der Waals surface area contributed by atoms with Gasteiger partial charge in [0.05, 0.1) is 11.4 Å². The minimum atomic E-state index is 0.724. The monoisotopic (exact) mass is 258 g/mol. The number of nitrogen functional groups attached to an aromatic ring is 1. The van der Waals surface area contributed by atoms with Gasteiger partial charge in [-0.25, -0.2) is 0 Å². The number of hydrogen-bond acceptors (Lipinski definition) is 2. The molecule has 0 fully saturated rings. The number of rotatable bonds is 1. The van der Waals surface area contributed by atoms with Crippen LogP contribution in [0.25, 0.3) is 0 Å². The summed E-state index contributed by atoms with van der Waals surface area (Å²) in [4.78, 5) is 2.26. The van der Waals surface area contributed by atoms with Crippen LogP contribution >= 0.6 is 11.6 Å². The van der Waals surface area contributed by atoms with E-state index in [0.717, 1.165) is 35.8 Å². The van der Waals surface area contributed by atoms with Gasteiger partial charge in [-0.3, -0.25) is 0 Å². The number of benzene rings is 2. The molecule has 2 nitrogen and oxygen atoms in total. The third kappa shape index (κ3) is 1.93. The van der Waals surface area contributed by atoms with Crippen LogP contribution in [0.15, 0.2) is 42.5 Å². The summed E-state index contributed by atoms with van der Waals surface area (Å²) >= 11 is 6.08. The Hall–Kier alpha value is -1.67. The molecule has 1 aliphatic heterocycles. The summed E-state index contributed by atoms with van der Waals surface area (Å²) in [5.74, 6) is 0. The lowest BCUT2D eigenvalue weighted by atomic mass is 10.0. The molecule has 0 unspecified atom stereocenters. The standard InChI is InChI=1S/C15H15ClN2/c16-12-7-8-13(17)15(10-12)18-9-3-5-11-4-1-2-6-14(11)18/h1-2,4,6-8,10H,3,5,9,17H2. The first-order valence-corrected chi connectivity index (χ1v) is 6.54. The molecule has 2 N–H and O–H groups in total. The molecule has 0 bridgehead atoms. The van der Waals surface area contributed by atoms with E-state index in [1.165, 1.54) is 11.3 Å². The van der Waals surface area contributed by atoms with Gasteiger partial charge in [0.15, 0.2) is 0 Å². The van der Waals surface area contributed by atoms with Crippen LogP contribution in [-0.2, 0) is 6.42 Å². The minimum Gasteiger partial charge on any atom is -0.397 e. The van der Waals surface area contributed by atoms with E-state index in [9.17, 15) is 0 Å². The second kappa shape index (κ2) is 4.54. The number of halogens is 1. The summed E-state index contributed by atoms with van der Waals surface area (Å²) in [5, 5.41) is 0.724. The Morgan fingerprint density at radius 2 is 1.89 bits per heavy atom. The molecule has 1 heterocycles. The first-order valence-electron chi connectivity index (χ1n) is 6.16. The van der Waals surface area contributed by atoms with Crippen LogP contribution in [0.4, 0.5) is 17.1 Å². The van der Waals surface area contributed by atoms with E-state index in [4.69, 9.17) is 17.3 Å². The number of anilines is 3. The van der Waals surface area contributed by atoms with Crippen molar-refractivity contribution in [2.75, 3.05) is 17.2 Å². The lowest BCUT2D eigenvalue weighted by Crippen LogP contribution is -2.25. The van der Waals surface area contributed by atoms with Gasteiger partial charge >= 0.3 is 0 Å². The van der Waals surface area contributed by atoms with Gasteiger partial charge in [-0.15, -0.1) is 0 Å². The largest absolute Gasteiger partial charge is 0.397 e. The van der Waals surface area contributed by atoms with Gasteiger partial charge in [-0.2, -0.15) is 0 Å². The second-order valence-corrected chi connectivity index (χ2v) is 5.02. The number of nitrogens with two attached hydrogens (primary N) is 1. The highest BCUT2D eigenvalue weighted by molar-refractivity contribution is 6.31. The Kier molecular flexibility index (Phi) is 2.88. The van der Waals surface area contributed by atoms with Gasteiger partial charge in [0, 0.05) is 17.3 Å². The van der Waals surface area contributed by atoms with Crippen molar-refractivity contribution in [3.63, 3.8) is 0 Å². The summed E-state index contributed by atoms with van der Waals surface area (Å²) in [6.45, 7) is 0.988. The van der Waals surface area contributed by atoms with Crippen molar-refractivity contribution in [2.45, 2.75) is 12.8 Å². The van der Waals surface area contributed by atoms with Crippen molar-refractivity contribution >= 4 is 28.7 Å². The molecule has 0 atom stereocenters. The average molecular weight is 259 g/mol. The molecular weight excluding hydrogens is 244 g/mol. The highest BCUT2D eigenvalue weighted by atomic mass is 35.5. The van der Waals surface area contributed by atoms with E-state index < -0.39 is 0 Å². The average Bonchev–Trinajstić information content (AvgIpc) is 2.41. The zero-order valence-electron chi connectivity index (χ0n) is 10.1. The topological polar surface area (TPSA) is 29.3 Å². The maximum absolute atomic E-state index is 6.08. The molecule has 0 aromatic heterocycles. The summed E-state index contributed by atoms with van der Waals surface area (Å²) in [6.07, 6.45) is 2.27. The Balaban J connectivity index is 2.11. The first-order chi connectivity index (χ1) is 8.75. The van der Waals surface area contributed by atoms with Crippen LogP contribution in [0, 0.1) is 0 Å². The van der Waals surface area contributed by atoms with Crippen molar-refractivity contribution in [1.82, 2.24) is 0 Å². The van der Waals surface area contributed by atoms with Gasteiger partial charge in [0.2, 0.25) is 0 Å². The molecule has 0 saturated heterocycles. The molecule has 1 aliphatic rings. The Labute approximate surface area is 112 Å². The normalized spacial score (nSPS) is 14.4. The molecule has 2 aromatic rings. The first kappa shape index (κ1) is 11.4. The van der Waals surface area contributed by atoms with Gasteiger partial charge in [0.25, 0.3) is 0 Å². The van der Waals surface area contributed by atoms with Gasteiger partial charge in [0.1, 0.15) is 0 Å². The smallest absolute Gasteiger partial charge is 0.0659 e. The highest BCUT2D eigenvalue weighted by Gasteiger charge is 2.19. The molecule has 3 rings (SSSR count). The fraction of sp³-hybridized carbons (Fsp3) is 0.200. The summed E-state index contributed by atoms with van der Waals surface area (Å²) in [6, 6.07) is 14.1. The lowest BCUT2D eigenvalue weighted by molar-refractivity contribution is 0.767. The maximum Gasteiger partial charge on any atom is 0.0659 e. The molecule has 2 aromatic carbocycles. The quantitative estimate of drug-likeness (QED) is 0.784. The van der Waals surface area contributed by atoms with E-state index in [2.05, 4.69) is 29.2 Å². The summed E-state index contributed by atoms with van der Waals surface area (Å²) < 4.78 is 0. The molecule has 92 valence electrons. The van der Waals surface area contributed by atoms with E-state index in [-0.39, 0.29) is 0 Å². The van der Waals surface area contributed by atoms with Gasteiger partial charge in [-0.05, 0) is 42.7 Å². The molecule has 0 aliphatic carbocycles. The molecular formula is C15H15ClN2. The van der Waals surface area contributed by atoms with Gasteiger partial charge in [-0.1, -0.05) is 29.8 Å². The van der Waals surface area contributed by atoms with Crippen LogP contribution in [-0.4, -0.2) is 6.54 Å².